The Kier molecular flexibility index (Phi) is 4.28. The Morgan fingerprint density at radius 1 is 1.13 bits per heavy atom. The van der Waals surface area contributed by atoms with E-state index in [4.69, 9.17) is 5.26 Å². The summed E-state index contributed by atoms with van der Waals surface area (Å²) in [5.41, 5.74) is 1.68. The minimum absolute atomic E-state index is 0.0356. The molecule has 0 aliphatic rings. The molecule has 0 saturated heterocycles. The van der Waals surface area contributed by atoms with E-state index in [-0.39, 0.29) is 11.5 Å². The van der Waals surface area contributed by atoms with Gasteiger partial charge in [0.05, 0.1) is 11.6 Å². The lowest BCUT2D eigenvalue weighted by Gasteiger charge is -2.30. The maximum atomic E-state index is 11.9. The van der Waals surface area contributed by atoms with Crippen LogP contribution < -0.4 is 21.5 Å². The van der Waals surface area contributed by atoms with Crippen molar-refractivity contribution in [3.05, 3.63) is 49.8 Å². The fourth-order valence-corrected chi connectivity index (χ4v) is 2.09. The molecule has 0 saturated carbocycles. The molecule has 0 unspecified atom stereocenters. The molecule has 0 spiro atoms. The van der Waals surface area contributed by atoms with Gasteiger partial charge < -0.3 is 10.6 Å². The van der Waals surface area contributed by atoms with Crippen molar-refractivity contribution < 1.29 is 0 Å². The van der Waals surface area contributed by atoms with Crippen molar-refractivity contribution in [2.24, 2.45) is 5.41 Å². The van der Waals surface area contributed by atoms with E-state index in [2.05, 4.69) is 37.5 Å². The van der Waals surface area contributed by atoms with Crippen molar-refractivity contribution in [1.29, 1.82) is 5.26 Å². The van der Waals surface area contributed by atoms with Gasteiger partial charge in [-0.05, 0) is 43.0 Å². The summed E-state index contributed by atoms with van der Waals surface area (Å²) in [6.45, 7) is 10.0. The summed E-state index contributed by atoms with van der Waals surface area (Å²) in [6.07, 6.45) is 0. The summed E-state index contributed by atoms with van der Waals surface area (Å²) >= 11 is 0. The standard InChI is InChI=1S/C18H21N3O2/c1-10-8-12(9-19)6-7-13(10)21-15-14(16(22)17(15)23)20-11(2)18(3,4)5/h6-8,11,20-21H,1-5H3/t11-/m1/s1. The van der Waals surface area contributed by atoms with E-state index >= 15 is 0 Å². The van der Waals surface area contributed by atoms with Crippen LogP contribution >= 0.6 is 0 Å². The predicted molar refractivity (Wildman–Crippen MR) is 93.1 cm³/mol. The normalized spacial score (nSPS) is 12.7. The first-order valence-corrected chi connectivity index (χ1v) is 7.52. The number of hydrogen-bond acceptors (Lipinski definition) is 5. The van der Waals surface area contributed by atoms with Crippen LogP contribution in [-0.4, -0.2) is 6.04 Å². The van der Waals surface area contributed by atoms with Gasteiger partial charge in [0.15, 0.2) is 0 Å². The molecule has 120 valence electrons. The highest BCUT2D eigenvalue weighted by molar-refractivity contribution is 5.80. The Bertz CT molecular complexity index is 847. The third-order valence-electron chi connectivity index (χ3n) is 4.19. The molecule has 0 fully saturated rings. The highest BCUT2D eigenvalue weighted by Gasteiger charge is 2.27. The van der Waals surface area contributed by atoms with Crippen LogP contribution in [-0.2, 0) is 0 Å². The summed E-state index contributed by atoms with van der Waals surface area (Å²) in [6, 6.07) is 7.25. The molecule has 0 aromatic heterocycles. The molecule has 1 atom stereocenters. The van der Waals surface area contributed by atoms with Crippen LogP contribution in [0.1, 0.15) is 38.8 Å². The first-order valence-electron chi connectivity index (χ1n) is 7.52. The van der Waals surface area contributed by atoms with Crippen molar-refractivity contribution in [2.45, 2.75) is 40.7 Å². The summed E-state index contributed by atoms with van der Waals surface area (Å²) in [5, 5.41) is 15.1. The van der Waals surface area contributed by atoms with Gasteiger partial charge in [0.25, 0.3) is 10.9 Å². The third-order valence-corrected chi connectivity index (χ3v) is 4.19. The second-order valence-electron chi connectivity index (χ2n) is 6.91. The number of anilines is 3. The minimum Gasteiger partial charge on any atom is -0.377 e. The summed E-state index contributed by atoms with van der Waals surface area (Å²) in [4.78, 5) is 23.7. The molecule has 0 heterocycles. The summed E-state index contributed by atoms with van der Waals surface area (Å²) < 4.78 is 0. The zero-order valence-corrected chi connectivity index (χ0v) is 14.1. The average Bonchev–Trinajstić information content (AvgIpc) is 2.50. The van der Waals surface area contributed by atoms with E-state index in [1.54, 1.807) is 18.2 Å². The van der Waals surface area contributed by atoms with Crippen LogP contribution in [0, 0.1) is 23.7 Å². The van der Waals surface area contributed by atoms with E-state index in [9.17, 15) is 9.59 Å². The lowest BCUT2D eigenvalue weighted by atomic mass is 9.87. The molecule has 0 amide bonds. The quantitative estimate of drug-likeness (QED) is 0.848. The van der Waals surface area contributed by atoms with Crippen molar-refractivity contribution in [3.8, 4) is 6.07 Å². The number of benzene rings is 1. The van der Waals surface area contributed by atoms with Crippen LogP contribution in [0.3, 0.4) is 0 Å². The monoisotopic (exact) mass is 311 g/mol. The molecular formula is C18H21N3O2. The van der Waals surface area contributed by atoms with Gasteiger partial charge >= 0.3 is 0 Å². The van der Waals surface area contributed by atoms with E-state index in [0.717, 1.165) is 5.56 Å². The summed E-state index contributed by atoms with van der Waals surface area (Å²) in [5.74, 6) is 0. The molecule has 0 aliphatic carbocycles. The van der Waals surface area contributed by atoms with Gasteiger partial charge in [0.1, 0.15) is 11.4 Å². The molecule has 0 bridgehead atoms. The number of nitrogens with one attached hydrogen (secondary N) is 2. The fourth-order valence-electron chi connectivity index (χ4n) is 2.09. The molecule has 2 aromatic carbocycles. The van der Waals surface area contributed by atoms with Gasteiger partial charge in [0, 0.05) is 11.7 Å². The van der Waals surface area contributed by atoms with Crippen molar-refractivity contribution >= 4 is 17.1 Å². The van der Waals surface area contributed by atoms with Gasteiger partial charge in [-0.15, -0.1) is 0 Å². The van der Waals surface area contributed by atoms with Crippen LogP contribution in [0.5, 0.6) is 0 Å². The van der Waals surface area contributed by atoms with Crippen molar-refractivity contribution in [2.75, 3.05) is 10.6 Å². The number of hydrogen-bond donors (Lipinski definition) is 2. The minimum atomic E-state index is -0.516. The lowest BCUT2D eigenvalue weighted by molar-refractivity contribution is 0.359. The largest absolute Gasteiger partial charge is 0.377 e. The predicted octanol–water partition coefficient (Wildman–Crippen LogP) is 3.05. The number of aryl methyl sites for hydroxylation is 1. The van der Waals surface area contributed by atoms with E-state index in [1.165, 1.54) is 0 Å². The van der Waals surface area contributed by atoms with Crippen molar-refractivity contribution in [3.63, 3.8) is 0 Å². The Labute approximate surface area is 135 Å². The van der Waals surface area contributed by atoms with Crippen molar-refractivity contribution in [1.82, 2.24) is 0 Å². The van der Waals surface area contributed by atoms with E-state index in [0.29, 0.717) is 22.6 Å². The van der Waals surface area contributed by atoms with Crippen LogP contribution in [0.25, 0.3) is 0 Å². The van der Waals surface area contributed by atoms with Gasteiger partial charge in [-0.1, -0.05) is 20.8 Å². The number of rotatable bonds is 4. The van der Waals surface area contributed by atoms with Gasteiger partial charge in [0.2, 0.25) is 0 Å². The fraction of sp³-hybridized carbons (Fsp3) is 0.389. The van der Waals surface area contributed by atoms with Crippen LogP contribution in [0.2, 0.25) is 0 Å². The molecule has 2 N–H and O–H groups in total. The topological polar surface area (TPSA) is 82.0 Å². The molecule has 0 aliphatic heterocycles. The Morgan fingerprint density at radius 2 is 1.74 bits per heavy atom. The molecule has 2 rings (SSSR count). The van der Waals surface area contributed by atoms with Gasteiger partial charge in [-0.25, -0.2) is 0 Å². The zero-order chi connectivity index (χ0) is 17.4. The Morgan fingerprint density at radius 3 is 2.26 bits per heavy atom. The molecule has 2 aromatic rings. The van der Waals surface area contributed by atoms with Gasteiger partial charge in [-0.2, -0.15) is 5.26 Å². The summed E-state index contributed by atoms with van der Waals surface area (Å²) in [7, 11) is 0. The first-order chi connectivity index (χ1) is 10.6. The first kappa shape index (κ1) is 16.8. The Hall–Kier alpha value is -2.61. The molecule has 0 radical (unpaired) electrons. The van der Waals surface area contributed by atoms with Crippen LogP contribution in [0.4, 0.5) is 17.1 Å². The van der Waals surface area contributed by atoms with E-state index < -0.39 is 10.9 Å². The third kappa shape index (κ3) is 3.26. The lowest BCUT2D eigenvalue weighted by Crippen LogP contribution is -2.41. The Balaban J connectivity index is 2.29. The van der Waals surface area contributed by atoms with Gasteiger partial charge in [-0.3, -0.25) is 9.59 Å². The highest BCUT2D eigenvalue weighted by Crippen LogP contribution is 2.27. The molecule has 23 heavy (non-hydrogen) atoms. The number of nitrogens with zero attached hydrogens (tertiary/aromatic N) is 1. The maximum Gasteiger partial charge on any atom is 0.253 e. The number of nitriles is 1. The SMILES string of the molecule is Cc1cc(C#N)ccc1Nc1c(N[C@H](C)C(C)(C)C)c(=O)c1=O. The van der Waals surface area contributed by atoms with E-state index in [1.807, 2.05) is 13.8 Å². The average molecular weight is 311 g/mol. The maximum absolute atomic E-state index is 11.9. The zero-order valence-electron chi connectivity index (χ0n) is 14.1. The molecular weight excluding hydrogens is 290 g/mol. The molecule has 5 heteroatoms. The second-order valence-corrected chi connectivity index (χ2v) is 6.91. The smallest absolute Gasteiger partial charge is 0.253 e. The van der Waals surface area contributed by atoms with Crippen LogP contribution in [0.15, 0.2) is 27.8 Å². The highest BCUT2D eigenvalue weighted by atomic mass is 16.2. The second kappa shape index (κ2) is 5.88. The molecule has 5 nitrogen and oxygen atoms in total.